The number of carbonyl (C=O) groups is 14. The quantitative estimate of drug-likeness (QED) is 0.0330. The third kappa shape index (κ3) is 27.1. The number of carboxylic acid groups (broad SMARTS) is 2. The molecule has 2 aromatic rings. The summed E-state index contributed by atoms with van der Waals surface area (Å²) >= 11 is 1.36. The molecule has 0 spiro atoms. The predicted octanol–water partition coefficient (Wildman–Crippen LogP) is -2.46. The molecule has 98 heavy (non-hydrogen) atoms. The lowest BCUT2D eigenvalue weighted by Gasteiger charge is -2.29. The van der Waals surface area contributed by atoms with E-state index >= 15 is 0 Å². The van der Waals surface area contributed by atoms with E-state index in [0.29, 0.717) is 22.1 Å². The molecule has 0 saturated carbocycles. The molecule has 33 nitrogen and oxygen atoms in total. The minimum Gasteiger partial charge on any atom is -0.481 e. The fourth-order valence-corrected chi connectivity index (χ4v) is 11.7. The zero-order chi connectivity index (χ0) is 72.9. The van der Waals surface area contributed by atoms with Gasteiger partial charge in [-0.3, -0.25) is 72.1 Å². The maximum absolute atomic E-state index is 14.6. The highest BCUT2D eigenvalue weighted by Crippen LogP contribution is 2.24. The average molecular weight is 1390 g/mol. The molecule has 12 amide bonds. The monoisotopic (exact) mass is 1390 g/mol. The zero-order valence-corrected chi connectivity index (χ0v) is 57.6. The fourth-order valence-electron chi connectivity index (χ4n) is 10.5. The summed E-state index contributed by atoms with van der Waals surface area (Å²) in [7, 11) is 0. The molecule has 0 bridgehead atoms. The molecule has 20 N–H and O–H groups in total. The van der Waals surface area contributed by atoms with Crippen molar-refractivity contribution in [2.45, 2.75) is 211 Å². The van der Waals surface area contributed by atoms with E-state index in [9.17, 15) is 77.3 Å². The number of carbonyl (C=O) groups excluding carboxylic acids is 12. The second-order valence-electron chi connectivity index (χ2n) is 25.7. The van der Waals surface area contributed by atoms with Gasteiger partial charge in [-0.2, -0.15) is 0 Å². The number of hydrogen-bond acceptors (Lipinski definition) is 19. The van der Waals surface area contributed by atoms with Gasteiger partial charge < -0.3 is 90.9 Å². The van der Waals surface area contributed by atoms with E-state index in [4.69, 9.17) is 17.2 Å². The molecule has 0 radical (unpaired) electrons. The highest BCUT2D eigenvalue weighted by Gasteiger charge is 2.39. The van der Waals surface area contributed by atoms with Crippen molar-refractivity contribution in [3.8, 4) is 0 Å². The van der Waals surface area contributed by atoms with Crippen LogP contribution < -0.4 is 75.7 Å². The van der Waals surface area contributed by atoms with Crippen molar-refractivity contribution in [2.24, 2.45) is 45.9 Å². The molecule has 13 unspecified atom stereocenters. The highest BCUT2D eigenvalue weighted by molar-refractivity contribution is 8.14. The van der Waals surface area contributed by atoms with Crippen molar-refractivity contribution in [1.82, 2.24) is 68.5 Å². The van der Waals surface area contributed by atoms with Gasteiger partial charge in [0.2, 0.25) is 70.9 Å². The first-order valence-corrected chi connectivity index (χ1v) is 34.0. The van der Waals surface area contributed by atoms with Gasteiger partial charge in [-0.1, -0.05) is 92.1 Å². The predicted molar refractivity (Wildman–Crippen MR) is 360 cm³/mol. The van der Waals surface area contributed by atoms with Crippen LogP contribution in [0.4, 0.5) is 0 Å². The van der Waals surface area contributed by atoms with E-state index in [1.54, 1.807) is 58.0 Å². The van der Waals surface area contributed by atoms with Crippen molar-refractivity contribution >= 4 is 99.6 Å². The van der Waals surface area contributed by atoms with Crippen LogP contribution in [0.2, 0.25) is 0 Å². The Morgan fingerprint density at radius 3 is 1.74 bits per heavy atom. The molecule has 34 heteroatoms. The average Bonchev–Trinajstić information content (AvgIpc) is 1.34. The fraction of sp³-hybridized carbons (Fsp3) is 0.625. The molecule has 4 rings (SSSR count). The van der Waals surface area contributed by atoms with Crippen LogP contribution in [0.25, 0.3) is 0 Å². The standard InChI is InChI=1S/C64H99N17O16S/c1-9-35(8)50(67)64-79-46(30-98-64)61(95)74-41(24-32(2)3)56(90)73-40(20-21-48(83)84)55(89)80-51(33(4)5)62(96)69-23-14-13-18-38-53(87)71-39(19-15-22-65)54(88)81-52(34(6)7)63(97)78-42(25-36-16-11-10-12-17-36)57(91)75-43(26-37-29-68-31-70-37)58(92)77-45(28-49(85)86)60(94)76-44(27-47(66)82)59(93)72-38/h10-12,16-17,29,31-35,38-46,50-52H,9,13-15,18-28,30,65,67H2,1-8H3,(H2,66,82)(H,68,70)(H,69,96)(H,71,87)(H,72,93)(H,73,90)(H,74,95)(H,75,91)(H,76,94)(H,77,92)(H,78,97)(H,80,89)(H,81,88)(H,83,84)(H,85,86). The molecule has 542 valence electrons. The van der Waals surface area contributed by atoms with Crippen molar-refractivity contribution in [3.05, 3.63) is 54.1 Å². The molecular weight excluding hydrogens is 1290 g/mol. The van der Waals surface area contributed by atoms with E-state index in [1.807, 2.05) is 27.7 Å². The number of hydrogen-bond donors (Lipinski definition) is 17. The molecule has 2 aliphatic heterocycles. The normalized spacial score (nSPS) is 22.3. The number of nitrogens with one attached hydrogen (secondary N) is 12. The number of aliphatic carboxylic acids is 2. The number of carboxylic acids is 2. The summed E-state index contributed by atoms with van der Waals surface area (Å²) in [5, 5.41) is 48.6. The van der Waals surface area contributed by atoms with Gasteiger partial charge in [0.15, 0.2) is 0 Å². The molecule has 0 aliphatic carbocycles. The minimum absolute atomic E-state index is 0.00113. The number of benzene rings is 1. The number of aromatic amines is 1. The Morgan fingerprint density at radius 1 is 0.643 bits per heavy atom. The number of thioether (sulfide) groups is 1. The smallest absolute Gasteiger partial charge is 0.305 e. The lowest BCUT2D eigenvalue weighted by atomic mass is 9.99. The summed E-state index contributed by atoms with van der Waals surface area (Å²) in [5.41, 5.74) is 18.7. The van der Waals surface area contributed by atoms with Crippen LogP contribution >= 0.6 is 11.8 Å². The van der Waals surface area contributed by atoms with Crippen LogP contribution in [0.3, 0.4) is 0 Å². The first-order valence-electron chi connectivity index (χ1n) is 33.0. The van der Waals surface area contributed by atoms with E-state index in [1.165, 1.54) is 24.3 Å². The van der Waals surface area contributed by atoms with Crippen LogP contribution in [-0.2, 0) is 80.0 Å². The molecule has 2 aliphatic rings. The molecule has 1 aromatic heterocycles. The Hall–Kier alpha value is -9.05. The Bertz CT molecular complexity index is 3120. The maximum atomic E-state index is 14.6. The second kappa shape index (κ2) is 40.6. The van der Waals surface area contributed by atoms with Crippen LogP contribution in [0.5, 0.6) is 0 Å². The Labute approximate surface area is 573 Å². The van der Waals surface area contributed by atoms with Gasteiger partial charge in [-0.15, -0.1) is 11.8 Å². The van der Waals surface area contributed by atoms with Gasteiger partial charge in [0.25, 0.3) is 0 Å². The van der Waals surface area contributed by atoms with Gasteiger partial charge in [-0.25, -0.2) is 4.98 Å². The number of rotatable bonds is 33. The highest BCUT2D eigenvalue weighted by atomic mass is 32.2. The van der Waals surface area contributed by atoms with E-state index < -0.39 is 187 Å². The first-order chi connectivity index (χ1) is 46.3. The summed E-state index contributed by atoms with van der Waals surface area (Å²) in [4.78, 5) is 204. The van der Waals surface area contributed by atoms with Crippen molar-refractivity contribution < 1.29 is 77.3 Å². The number of H-pyrrole nitrogens is 1. The summed E-state index contributed by atoms with van der Waals surface area (Å²) < 4.78 is 0. The Morgan fingerprint density at radius 2 is 1.19 bits per heavy atom. The second-order valence-corrected chi connectivity index (χ2v) is 26.7. The van der Waals surface area contributed by atoms with Gasteiger partial charge in [0, 0.05) is 43.5 Å². The van der Waals surface area contributed by atoms with Crippen LogP contribution in [0, 0.1) is 23.7 Å². The number of imidazole rings is 1. The third-order valence-corrected chi connectivity index (χ3v) is 17.5. The van der Waals surface area contributed by atoms with Crippen LogP contribution in [0.1, 0.15) is 137 Å². The minimum atomic E-state index is -2.00. The van der Waals surface area contributed by atoms with Gasteiger partial charge in [0.1, 0.15) is 66.5 Å². The van der Waals surface area contributed by atoms with Gasteiger partial charge >= 0.3 is 11.9 Å². The Kier molecular flexibility index (Phi) is 33.7. The third-order valence-electron chi connectivity index (χ3n) is 16.4. The van der Waals surface area contributed by atoms with E-state index in [0.717, 1.165) is 6.42 Å². The van der Waals surface area contributed by atoms with Crippen molar-refractivity contribution in [2.75, 3.05) is 18.8 Å². The van der Waals surface area contributed by atoms with Crippen LogP contribution in [-0.4, -0.2) is 199 Å². The SMILES string of the molecule is CCC(C)C(N)C1=NC(C(=O)NC(CC(C)C)C(=O)NC(CCC(=O)O)C(=O)NC(C(=O)NCCCCC2NC(=O)C(CC(N)=O)NC(=O)C(CC(=O)O)NC(=O)C(Cc3cnc[nH]3)NC(=O)C(Cc3ccccc3)NC(=O)C(C(C)C)NC(=O)C(CCCN)NC2=O)C(C)C)CS1. The molecule has 3 heterocycles. The maximum Gasteiger partial charge on any atom is 0.305 e. The van der Waals surface area contributed by atoms with E-state index in [-0.39, 0.29) is 82.3 Å². The molecule has 1 saturated heterocycles. The van der Waals surface area contributed by atoms with Gasteiger partial charge in [-0.05, 0) is 80.7 Å². The molecule has 1 aromatic carbocycles. The Balaban J connectivity index is 1.63. The lowest BCUT2D eigenvalue weighted by Crippen LogP contribution is -2.61. The number of primary amides is 1. The topological polar surface area (TPSA) is 531 Å². The van der Waals surface area contributed by atoms with Crippen molar-refractivity contribution in [3.63, 3.8) is 0 Å². The summed E-state index contributed by atoms with van der Waals surface area (Å²) in [5.74, 6) is -15.3. The van der Waals surface area contributed by atoms with Crippen LogP contribution in [0.15, 0.2) is 47.8 Å². The molecule has 13 atom stereocenters. The number of amides is 12. The number of unbranched alkanes of at least 4 members (excludes halogenated alkanes) is 1. The molecular formula is C64H99N17O16S. The first kappa shape index (κ1) is 81.4. The summed E-state index contributed by atoms with van der Waals surface area (Å²) in [6, 6.07) is -8.11. The summed E-state index contributed by atoms with van der Waals surface area (Å²) in [6.07, 6.45) is -0.112. The largest absolute Gasteiger partial charge is 0.481 e. The number of nitrogens with zero attached hydrogens (tertiary/aromatic N) is 2. The van der Waals surface area contributed by atoms with Crippen molar-refractivity contribution in [1.29, 1.82) is 0 Å². The number of nitrogens with two attached hydrogens (primary N) is 3. The number of aliphatic imine (C=N–C) groups is 1. The van der Waals surface area contributed by atoms with Gasteiger partial charge in [0.05, 0.1) is 30.3 Å². The number of aromatic nitrogens is 2. The zero-order valence-electron chi connectivity index (χ0n) is 56.7. The van der Waals surface area contributed by atoms with E-state index in [2.05, 4.69) is 73.4 Å². The molecule has 1 fully saturated rings. The summed E-state index contributed by atoms with van der Waals surface area (Å²) in [6.45, 7) is 14.0. The lowest BCUT2D eigenvalue weighted by molar-refractivity contribution is -0.142.